The van der Waals surface area contributed by atoms with E-state index < -0.39 is 0 Å². The smallest absolute Gasteiger partial charge is 0.253 e. The summed E-state index contributed by atoms with van der Waals surface area (Å²) in [5.74, 6) is 0.0181. The molecule has 6 heteroatoms. The zero-order chi connectivity index (χ0) is 12.8. The summed E-state index contributed by atoms with van der Waals surface area (Å²) in [5, 5.41) is 3.15. The monoisotopic (exact) mass is 339 g/mol. The first-order valence-electron chi connectivity index (χ1n) is 4.89. The van der Waals surface area contributed by atoms with Crippen LogP contribution >= 0.6 is 39.1 Å². The molecule has 1 unspecified atom stereocenters. The van der Waals surface area contributed by atoms with Crippen molar-refractivity contribution in [2.24, 2.45) is 0 Å². The van der Waals surface area contributed by atoms with E-state index in [-0.39, 0.29) is 17.8 Å². The summed E-state index contributed by atoms with van der Waals surface area (Å²) < 4.78 is 5.74. The number of halogens is 3. The topological polar surface area (TPSA) is 38.3 Å². The summed E-state index contributed by atoms with van der Waals surface area (Å²) in [6, 6.07) is 4.86. The first kappa shape index (κ1) is 14.8. The Morgan fingerprint density at radius 3 is 2.88 bits per heavy atom. The normalized spacial score (nSPS) is 12.2. The van der Waals surface area contributed by atoms with Crippen molar-refractivity contribution in [2.45, 2.75) is 6.04 Å². The van der Waals surface area contributed by atoms with Gasteiger partial charge in [0.2, 0.25) is 0 Å². The highest BCUT2D eigenvalue weighted by Gasteiger charge is 2.15. The minimum atomic E-state index is -0.265. The average molecular weight is 341 g/mol. The number of benzene rings is 1. The summed E-state index contributed by atoms with van der Waals surface area (Å²) in [4.78, 5) is 11.9. The molecule has 0 aliphatic rings. The molecule has 0 spiro atoms. The van der Waals surface area contributed by atoms with Crippen LogP contribution in [0.2, 0.25) is 5.02 Å². The third kappa shape index (κ3) is 4.47. The molecule has 3 nitrogen and oxygen atoms in total. The van der Waals surface area contributed by atoms with E-state index in [1.54, 1.807) is 25.3 Å². The largest absolute Gasteiger partial charge is 0.383 e. The maximum absolute atomic E-state index is 11.9. The number of alkyl halides is 1. The van der Waals surface area contributed by atoms with Crippen LogP contribution in [0, 0.1) is 0 Å². The molecule has 1 N–H and O–H groups in total. The fraction of sp³-hybridized carbons (Fsp3) is 0.364. The molecule has 94 valence electrons. The van der Waals surface area contributed by atoms with E-state index in [1.165, 1.54) is 0 Å². The molecule has 0 saturated carbocycles. The Labute approximate surface area is 119 Å². The molecule has 0 fully saturated rings. The zero-order valence-corrected chi connectivity index (χ0v) is 12.3. The number of carbonyl (C=O) groups excluding carboxylic acids is 1. The van der Waals surface area contributed by atoms with Gasteiger partial charge in [0.25, 0.3) is 5.91 Å². The molecular formula is C11H12BrCl2NO2. The fourth-order valence-corrected chi connectivity index (χ4v) is 1.99. The fourth-order valence-electron chi connectivity index (χ4n) is 1.26. The van der Waals surface area contributed by atoms with Crippen LogP contribution in [0.4, 0.5) is 0 Å². The zero-order valence-electron chi connectivity index (χ0n) is 9.17. The Morgan fingerprint density at radius 2 is 2.29 bits per heavy atom. The van der Waals surface area contributed by atoms with Crippen molar-refractivity contribution in [3.63, 3.8) is 0 Å². The summed E-state index contributed by atoms with van der Waals surface area (Å²) in [6.45, 7) is 0.362. The predicted octanol–water partition coefficient (Wildman–Crippen LogP) is 3.09. The molecule has 1 aromatic carbocycles. The molecule has 1 aromatic rings. The molecule has 0 saturated heterocycles. The van der Waals surface area contributed by atoms with Crippen molar-refractivity contribution in [3.05, 3.63) is 33.3 Å². The second kappa shape index (κ2) is 7.21. The van der Waals surface area contributed by atoms with Crippen LogP contribution in [0.15, 0.2) is 22.7 Å². The van der Waals surface area contributed by atoms with Gasteiger partial charge in [-0.15, -0.1) is 11.6 Å². The Morgan fingerprint density at radius 1 is 1.59 bits per heavy atom. The molecule has 1 atom stereocenters. The van der Waals surface area contributed by atoms with Crippen molar-refractivity contribution in [1.29, 1.82) is 0 Å². The van der Waals surface area contributed by atoms with Gasteiger partial charge >= 0.3 is 0 Å². The molecule has 0 aliphatic carbocycles. The Hall–Kier alpha value is -0.290. The molecule has 0 heterocycles. The van der Waals surface area contributed by atoms with Crippen molar-refractivity contribution in [2.75, 3.05) is 19.6 Å². The molecule has 0 aromatic heterocycles. The van der Waals surface area contributed by atoms with Gasteiger partial charge in [-0.25, -0.2) is 0 Å². The van der Waals surface area contributed by atoms with Gasteiger partial charge in [-0.3, -0.25) is 4.79 Å². The number of hydrogen-bond donors (Lipinski definition) is 1. The maximum atomic E-state index is 11.9. The van der Waals surface area contributed by atoms with E-state index in [1.807, 2.05) is 0 Å². The maximum Gasteiger partial charge on any atom is 0.253 e. The van der Waals surface area contributed by atoms with Gasteiger partial charge in [-0.05, 0) is 18.2 Å². The number of rotatable bonds is 5. The molecular weight excluding hydrogens is 329 g/mol. The number of amides is 1. The van der Waals surface area contributed by atoms with Gasteiger partial charge in [0.1, 0.15) is 0 Å². The Kier molecular flexibility index (Phi) is 6.27. The van der Waals surface area contributed by atoms with Crippen LogP contribution in [0.3, 0.4) is 0 Å². The van der Waals surface area contributed by atoms with Crippen LogP contribution in [-0.2, 0) is 4.74 Å². The lowest BCUT2D eigenvalue weighted by atomic mass is 10.2. The number of carbonyl (C=O) groups is 1. The second-order valence-corrected chi connectivity index (χ2v) is 5.04. The highest BCUT2D eigenvalue weighted by molar-refractivity contribution is 9.10. The lowest BCUT2D eigenvalue weighted by molar-refractivity contribution is 0.0907. The number of ether oxygens (including phenoxy) is 1. The first-order chi connectivity index (χ1) is 8.08. The summed E-state index contributed by atoms with van der Waals surface area (Å²) >= 11 is 15.0. The number of nitrogens with one attached hydrogen (secondary N) is 1. The molecule has 0 radical (unpaired) electrons. The molecule has 1 amide bonds. The third-order valence-corrected chi connectivity index (χ3v) is 3.26. The van der Waals surface area contributed by atoms with Gasteiger partial charge in [0.05, 0.1) is 23.2 Å². The van der Waals surface area contributed by atoms with Crippen LogP contribution in [0.1, 0.15) is 10.4 Å². The van der Waals surface area contributed by atoms with Crippen LogP contribution in [0.25, 0.3) is 0 Å². The van der Waals surface area contributed by atoms with Gasteiger partial charge in [0.15, 0.2) is 0 Å². The second-order valence-electron chi connectivity index (χ2n) is 3.40. The Balaban J connectivity index is 2.78. The van der Waals surface area contributed by atoms with E-state index in [2.05, 4.69) is 21.2 Å². The highest BCUT2D eigenvalue weighted by atomic mass is 79.9. The minimum Gasteiger partial charge on any atom is -0.383 e. The van der Waals surface area contributed by atoms with E-state index in [4.69, 9.17) is 27.9 Å². The van der Waals surface area contributed by atoms with E-state index in [0.717, 1.165) is 4.47 Å². The number of hydrogen-bond acceptors (Lipinski definition) is 2. The lowest BCUT2D eigenvalue weighted by Gasteiger charge is -2.15. The van der Waals surface area contributed by atoms with Crippen molar-refractivity contribution in [1.82, 2.24) is 5.32 Å². The highest BCUT2D eigenvalue weighted by Crippen LogP contribution is 2.20. The standard InChI is InChI=1S/C11H12BrCl2NO2/c1-17-6-8(5-13)15-11(16)9-4-7(12)2-3-10(9)14/h2-4,8H,5-6H2,1H3,(H,15,16). The van der Waals surface area contributed by atoms with Gasteiger partial charge < -0.3 is 10.1 Å². The molecule has 1 rings (SSSR count). The minimum absolute atomic E-state index is 0.232. The summed E-state index contributed by atoms with van der Waals surface area (Å²) in [6.07, 6.45) is 0. The number of methoxy groups -OCH3 is 1. The van der Waals surface area contributed by atoms with E-state index >= 15 is 0 Å². The first-order valence-corrected chi connectivity index (χ1v) is 6.59. The molecule has 17 heavy (non-hydrogen) atoms. The van der Waals surface area contributed by atoms with E-state index in [0.29, 0.717) is 17.2 Å². The molecule has 0 bridgehead atoms. The van der Waals surface area contributed by atoms with Crippen LogP contribution < -0.4 is 5.32 Å². The molecule has 0 aliphatic heterocycles. The van der Waals surface area contributed by atoms with Crippen molar-refractivity contribution < 1.29 is 9.53 Å². The van der Waals surface area contributed by atoms with Gasteiger partial charge in [0, 0.05) is 17.5 Å². The summed E-state index contributed by atoms with van der Waals surface area (Å²) in [5.41, 5.74) is 0.410. The van der Waals surface area contributed by atoms with Gasteiger partial charge in [-0.2, -0.15) is 0 Å². The third-order valence-electron chi connectivity index (χ3n) is 2.06. The van der Waals surface area contributed by atoms with Crippen molar-refractivity contribution in [3.8, 4) is 0 Å². The van der Waals surface area contributed by atoms with Crippen LogP contribution in [0.5, 0.6) is 0 Å². The predicted molar refractivity (Wildman–Crippen MR) is 73.0 cm³/mol. The summed E-state index contributed by atoms with van der Waals surface area (Å²) in [7, 11) is 1.55. The quantitative estimate of drug-likeness (QED) is 0.836. The van der Waals surface area contributed by atoms with Gasteiger partial charge in [-0.1, -0.05) is 27.5 Å². The Bertz CT molecular complexity index is 401. The van der Waals surface area contributed by atoms with E-state index in [9.17, 15) is 4.79 Å². The average Bonchev–Trinajstić information content (AvgIpc) is 2.31. The lowest BCUT2D eigenvalue weighted by Crippen LogP contribution is -2.39. The SMILES string of the molecule is COCC(CCl)NC(=O)c1cc(Br)ccc1Cl. The van der Waals surface area contributed by atoms with Crippen LogP contribution in [-0.4, -0.2) is 31.5 Å². The van der Waals surface area contributed by atoms with Crippen molar-refractivity contribution >= 4 is 45.0 Å².